The molecular formula is C24H33N3O3S2. The van der Waals surface area contributed by atoms with Gasteiger partial charge in [-0.25, -0.2) is 13.6 Å². The number of hydrogen-bond donors (Lipinski definition) is 2. The molecule has 0 bridgehead atoms. The Bertz CT molecular complexity index is 1050. The molecule has 1 heterocycles. The first-order valence-electron chi connectivity index (χ1n) is 11.4. The van der Waals surface area contributed by atoms with Gasteiger partial charge in [0.1, 0.15) is 18.1 Å². The first-order valence-corrected chi connectivity index (χ1v) is 14.0. The molecule has 8 heteroatoms. The molecule has 174 valence electrons. The largest absolute Gasteiger partial charge is 0.626 e. The number of hydroxylamine groups is 2. The number of nitrogens with zero attached hydrogens (tertiary/aromatic N) is 1. The van der Waals surface area contributed by atoms with E-state index in [9.17, 15) is 13.6 Å². The van der Waals surface area contributed by atoms with Crippen LogP contribution in [0, 0.1) is 11.1 Å². The highest BCUT2D eigenvalue weighted by Crippen LogP contribution is 2.40. The Morgan fingerprint density at radius 1 is 1.19 bits per heavy atom. The van der Waals surface area contributed by atoms with Crippen LogP contribution in [0.4, 0.5) is 5.69 Å². The van der Waals surface area contributed by atoms with Crippen LogP contribution in [0.3, 0.4) is 0 Å². The molecule has 0 radical (unpaired) electrons. The average Bonchev–Trinajstić information content (AvgIpc) is 2.77. The Kier molecular flexibility index (Phi) is 7.29. The summed E-state index contributed by atoms with van der Waals surface area (Å²) < 4.78 is 23.0. The number of rotatable bonds is 7. The molecule has 0 amide bonds. The number of benzene rings is 2. The molecule has 3 N–H and O–H groups in total. The third-order valence-corrected chi connectivity index (χ3v) is 8.86. The highest BCUT2D eigenvalue weighted by atomic mass is 32.2. The second-order valence-corrected chi connectivity index (χ2v) is 11.8. The fourth-order valence-electron chi connectivity index (χ4n) is 4.99. The zero-order chi connectivity index (χ0) is 22.8. The minimum absolute atomic E-state index is 0.0526. The standard InChI is InChI=1S/C24H33N3O3S2/c1-18(13-19-7-3-2-4-8-19)26-15-20-9-5-6-10-23(20)27(28)16-21-14-22(32(25,29)30)11-12-24(21)31-17-27/h5-6,9-12,14,18-19,26H,2-4,7-8,13,15-17H2,1H3,(H2,25,29,30)/t18-,27?/m0/s1. The van der Waals surface area contributed by atoms with Crippen LogP contribution in [-0.4, -0.2) is 20.3 Å². The lowest BCUT2D eigenvalue weighted by atomic mass is 9.85. The third kappa shape index (κ3) is 5.55. The van der Waals surface area contributed by atoms with Crippen LogP contribution in [0.15, 0.2) is 52.3 Å². The van der Waals surface area contributed by atoms with Gasteiger partial charge in [-0.05, 0) is 43.5 Å². The summed E-state index contributed by atoms with van der Waals surface area (Å²) in [4.78, 5) is 0.996. The van der Waals surface area contributed by atoms with Gasteiger partial charge >= 0.3 is 0 Å². The maximum atomic E-state index is 13.9. The van der Waals surface area contributed by atoms with Crippen molar-refractivity contribution in [1.29, 1.82) is 0 Å². The fourth-order valence-corrected chi connectivity index (χ4v) is 6.61. The Morgan fingerprint density at radius 3 is 2.69 bits per heavy atom. The normalized spacial score (nSPS) is 23.0. The molecule has 1 aliphatic carbocycles. The lowest BCUT2D eigenvalue weighted by Gasteiger charge is -2.45. The highest BCUT2D eigenvalue weighted by molar-refractivity contribution is 7.99. The molecule has 1 unspecified atom stereocenters. The van der Waals surface area contributed by atoms with Crippen molar-refractivity contribution in [2.45, 2.75) is 74.4 Å². The van der Waals surface area contributed by atoms with E-state index in [1.807, 2.05) is 24.3 Å². The van der Waals surface area contributed by atoms with E-state index in [0.29, 0.717) is 18.5 Å². The Labute approximate surface area is 195 Å². The highest BCUT2D eigenvalue weighted by Gasteiger charge is 2.31. The van der Waals surface area contributed by atoms with Gasteiger partial charge in [0.05, 0.1) is 4.90 Å². The smallest absolute Gasteiger partial charge is 0.238 e. The van der Waals surface area contributed by atoms with Gasteiger partial charge in [-0.2, -0.15) is 0 Å². The zero-order valence-electron chi connectivity index (χ0n) is 18.6. The van der Waals surface area contributed by atoms with Gasteiger partial charge in [-0.15, -0.1) is 0 Å². The number of sulfonamides is 1. The summed E-state index contributed by atoms with van der Waals surface area (Å²) in [5, 5.41) is 22.9. The predicted octanol–water partition coefficient (Wildman–Crippen LogP) is 4.85. The Balaban J connectivity index is 1.49. The van der Waals surface area contributed by atoms with Crippen LogP contribution >= 0.6 is 11.8 Å². The number of thioether (sulfide) groups is 1. The van der Waals surface area contributed by atoms with E-state index in [1.165, 1.54) is 56.4 Å². The number of para-hydroxylation sites is 1. The molecule has 0 spiro atoms. The van der Waals surface area contributed by atoms with Gasteiger partial charge in [0, 0.05) is 28.6 Å². The SMILES string of the molecule is C[C@@H](CC1CCCCC1)NCc1ccccc1[N+]1([O-])CSc2ccc(S(N)(=O)=O)cc2C1. The van der Waals surface area contributed by atoms with Gasteiger partial charge in [0.2, 0.25) is 10.0 Å². The third-order valence-electron chi connectivity index (χ3n) is 6.70. The van der Waals surface area contributed by atoms with Crippen molar-refractivity contribution < 1.29 is 8.42 Å². The average molecular weight is 476 g/mol. The summed E-state index contributed by atoms with van der Waals surface area (Å²) in [7, 11) is -3.81. The van der Waals surface area contributed by atoms with E-state index in [4.69, 9.17) is 5.14 Å². The molecule has 1 fully saturated rings. The van der Waals surface area contributed by atoms with Crippen molar-refractivity contribution in [2.24, 2.45) is 11.1 Å². The number of fused-ring (bicyclic) bond motifs is 1. The van der Waals surface area contributed by atoms with Gasteiger partial charge in [-0.3, -0.25) is 0 Å². The summed E-state index contributed by atoms with van der Waals surface area (Å²) in [6.45, 7) is 3.09. The van der Waals surface area contributed by atoms with Gasteiger partial charge in [-0.1, -0.05) is 62.1 Å². The maximum absolute atomic E-state index is 13.9. The van der Waals surface area contributed by atoms with Crippen molar-refractivity contribution >= 4 is 27.5 Å². The van der Waals surface area contributed by atoms with E-state index < -0.39 is 14.7 Å². The number of primary sulfonamides is 1. The van der Waals surface area contributed by atoms with Crippen molar-refractivity contribution in [1.82, 2.24) is 9.96 Å². The first-order chi connectivity index (χ1) is 15.2. The minimum Gasteiger partial charge on any atom is -0.626 e. The molecule has 2 aromatic rings. The van der Waals surface area contributed by atoms with Gasteiger partial charge < -0.3 is 15.2 Å². The molecule has 1 saturated carbocycles. The van der Waals surface area contributed by atoms with Crippen molar-refractivity contribution in [3.63, 3.8) is 0 Å². The van der Waals surface area contributed by atoms with Crippen molar-refractivity contribution in [2.75, 3.05) is 5.88 Å². The number of nitrogens with one attached hydrogen (secondary N) is 1. The van der Waals surface area contributed by atoms with E-state index in [0.717, 1.165) is 27.6 Å². The Morgan fingerprint density at radius 2 is 1.94 bits per heavy atom. The molecule has 2 atom stereocenters. The summed E-state index contributed by atoms with van der Waals surface area (Å²) >= 11 is 1.47. The van der Waals surface area contributed by atoms with Crippen LogP contribution in [0.1, 0.15) is 56.6 Å². The van der Waals surface area contributed by atoms with Crippen LogP contribution in [-0.2, 0) is 23.1 Å². The van der Waals surface area contributed by atoms with E-state index in [1.54, 1.807) is 12.1 Å². The fraction of sp³-hybridized carbons (Fsp3) is 0.500. The molecule has 1 aliphatic heterocycles. The number of nitrogens with two attached hydrogens (primary N) is 1. The van der Waals surface area contributed by atoms with Crippen molar-refractivity contribution in [3.8, 4) is 0 Å². The summed E-state index contributed by atoms with van der Waals surface area (Å²) in [6.07, 6.45) is 7.92. The lowest BCUT2D eigenvalue weighted by molar-refractivity contribution is 0.304. The second-order valence-electron chi connectivity index (χ2n) is 9.29. The summed E-state index contributed by atoms with van der Waals surface area (Å²) in [6, 6.07) is 13.0. The van der Waals surface area contributed by atoms with Crippen molar-refractivity contribution in [3.05, 3.63) is 58.8 Å². The second kappa shape index (κ2) is 9.83. The minimum atomic E-state index is -3.81. The zero-order valence-corrected chi connectivity index (χ0v) is 20.3. The maximum Gasteiger partial charge on any atom is 0.238 e. The van der Waals surface area contributed by atoms with E-state index in [2.05, 4.69) is 12.2 Å². The van der Waals surface area contributed by atoms with Crippen LogP contribution in [0.25, 0.3) is 0 Å². The predicted molar refractivity (Wildman–Crippen MR) is 131 cm³/mol. The number of quaternary nitrogens is 1. The molecular weight excluding hydrogens is 442 g/mol. The molecule has 32 heavy (non-hydrogen) atoms. The molecule has 0 aromatic heterocycles. The number of hydrogen-bond acceptors (Lipinski definition) is 5. The molecule has 4 rings (SSSR count). The van der Waals surface area contributed by atoms with E-state index in [-0.39, 0.29) is 11.4 Å². The topological polar surface area (TPSA) is 95.2 Å². The monoisotopic (exact) mass is 475 g/mol. The van der Waals surface area contributed by atoms with Crippen LogP contribution in [0.2, 0.25) is 0 Å². The molecule has 2 aromatic carbocycles. The Hall–Kier alpha value is -1.42. The van der Waals surface area contributed by atoms with E-state index >= 15 is 0 Å². The first kappa shape index (κ1) is 23.7. The van der Waals surface area contributed by atoms with Gasteiger partial charge in [0.15, 0.2) is 0 Å². The van der Waals surface area contributed by atoms with Gasteiger partial charge in [0.25, 0.3) is 0 Å². The van der Waals surface area contributed by atoms with Crippen LogP contribution in [0.5, 0.6) is 0 Å². The lowest BCUT2D eigenvalue weighted by Crippen LogP contribution is -2.45. The summed E-state index contributed by atoms with van der Waals surface area (Å²) in [5.74, 6) is 1.17. The molecule has 2 aliphatic rings. The summed E-state index contributed by atoms with van der Waals surface area (Å²) in [5.41, 5.74) is 2.48. The quantitative estimate of drug-likeness (QED) is 0.441. The molecule has 0 saturated heterocycles. The molecule has 6 nitrogen and oxygen atoms in total. The van der Waals surface area contributed by atoms with Crippen LogP contribution < -0.4 is 15.1 Å².